The van der Waals surface area contributed by atoms with Gasteiger partial charge in [0.25, 0.3) is 0 Å². The number of β-amino-alcohol motifs (C(OH)–C–C–N with tert-alkyl or cyclic N) is 1. The first-order chi connectivity index (χ1) is 12.3. The number of likely N-dealkylation sites (tertiary alicyclic amines) is 1. The highest BCUT2D eigenvalue weighted by atomic mass is 32.2. The summed E-state index contributed by atoms with van der Waals surface area (Å²) in [5.41, 5.74) is 1.30. The van der Waals surface area contributed by atoms with Crippen molar-refractivity contribution in [2.24, 2.45) is 0 Å². The van der Waals surface area contributed by atoms with Crippen molar-refractivity contribution in [3.63, 3.8) is 0 Å². The van der Waals surface area contributed by atoms with Crippen LogP contribution in [0.4, 0.5) is 0 Å². The summed E-state index contributed by atoms with van der Waals surface area (Å²) in [5, 5.41) is 10.3. The third-order valence-electron chi connectivity index (χ3n) is 5.02. The number of benzene rings is 1. The van der Waals surface area contributed by atoms with Gasteiger partial charge in [0.1, 0.15) is 18.5 Å². The van der Waals surface area contributed by atoms with Crippen LogP contribution in [0.2, 0.25) is 0 Å². The highest BCUT2D eigenvalue weighted by Gasteiger charge is 2.15. The van der Waals surface area contributed by atoms with E-state index in [1.54, 1.807) is 0 Å². The molecule has 2 fully saturated rings. The summed E-state index contributed by atoms with van der Waals surface area (Å²) >= 11 is 2.04. The van der Waals surface area contributed by atoms with Crippen LogP contribution in [0.5, 0.6) is 5.75 Å². The molecule has 1 atom stereocenters. The van der Waals surface area contributed by atoms with E-state index in [2.05, 4.69) is 28.0 Å². The summed E-state index contributed by atoms with van der Waals surface area (Å²) in [6.45, 7) is 6.66. The van der Waals surface area contributed by atoms with Gasteiger partial charge in [0.2, 0.25) is 0 Å². The molecule has 2 saturated heterocycles. The van der Waals surface area contributed by atoms with Crippen molar-refractivity contribution in [3.05, 3.63) is 29.8 Å². The minimum absolute atomic E-state index is 0.375. The standard InChI is InChI=1S/C20H32N2O2S/c23-19(16-21-8-3-1-2-4-9-21)17-24-20-7-5-6-18(14-20)15-22-10-12-25-13-11-22/h5-7,14,19,23H,1-4,8-13,15-17H2. The van der Waals surface area contributed by atoms with E-state index < -0.39 is 6.10 Å². The smallest absolute Gasteiger partial charge is 0.119 e. The second-order valence-corrected chi connectivity index (χ2v) is 8.44. The second-order valence-electron chi connectivity index (χ2n) is 7.22. The lowest BCUT2D eigenvalue weighted by Gasteiger charge is -2.26. The van der Waals surface area contributed by atoms with E-state index in [0.29, 0.717) is 6.61 Å². The average Bonchev–Trinajstić information content (AvgIpc) is 2.90. The van der Waals surface area contributed by atoms with Crippen molar-refractivity contribution < 1.29 is 9.84 Å². The molecule has 140 valence electrons. The van der Waals surface area contributed by atoms with E-state index in [-0.39, 0.29) is 0 Å². The first-order valence-corrected chi connectivity index (χ1v) is 10.9. The van der Waals surface area contributed by atoms with Gasteiger partial charge in [0.15, 0.2) is 0 Å². The quantitative estimate of drug-likeness (QED) is 0.805. The Morgan fingerprint density at radius 2 is 1.76 bits per heavy atom. The lowest BCUT2D eigenvalue weighted by molar-refractivity contribution is 0.0693. The second kappa shape index (κ2) is 10.4. The number of thioether (sulfide) groups is 1. The molecule has 1 N–H and O–H groups in total. The molecule has 2 aliphatic heterocycles. The van der Waals surface area contributed by atoms with Gasteiger partial charge in [-0.2, -0.15) is 11.8 Å². The Hall–Kier alpha value is -0.750. The normalized spacial score (nSPS) is 21.6. The molecule has 25 heavy (non-hydrogen) atoms. The van der Waals surface area contributed by atoms with Gasteiger partial charge in [-0.05, 0) is 43.6 Å². The Morgan fingerprint density at radius 3 is 2.52 bits per heavy atom. The molecule has 0 amide bonds. The van der Waals surface area contributed by atoms with Crippen LogP contribution in [-0.4, -0.2) is 71.8 Å². The molecule has 1 aromatic rings. The third kappa shape index (κ3) is 6.81. The number of hydrogen-bond donors (Lipinski definition) is 1. The molecule has 0 spiro atoms. The Kier molecular flexibility index (Phi) is 7.92. The molecule has 0 aromatic heterocycles. The Labute approximate surface area is 156 Å². The Bertz CT molecular complexity index is 500. The van der Waals surface area contributed by atoms with Crippen molar-refractivity contribution >= 4 is 11.8 Å². The molecule has 4 nitrogen and oxygen atoms in total. The van der Waals surface area contributed by atoms with Gasteiger partial charge in [0, 0.05) is 37.7 Å². The van der Waals surface area contributed by atoms with Crippen LogP contribution in [-0.2, 0) is 6.54 Å². The van der Waals surface area contributed by atoms with Gasteiger partial charge in [0.05, 0.1) is 0 Å². The maximum atomic E-state index is 10.3. The minimum Gasteiger partial charge on any atom is -0.491 e. The van der Waals surface area contributed by atoms with Crippen molar-refractivity contribution in [1.82, 2.24) is 9.80 Å². The highest BCUT2D eigenvalue weighted by molar-refractivity contribution is 7.99. The summed E-state index contributed by atoms with van der Waals surface area (Å²) in [7, 11) is 0. The number of aliphatic hydroxyl groups excluding tert-OH is 1. The fourth-order valence-electron chi connectivity index (χ4n) is 3.61. The van der Waals surface area contributed by atoms with Crippen molar-refractivity contribution in [2.45, 2.75) is 38.3 Å². The lowest BCUT2D eigenvalue weighted by Crippen LogP contribution is -2.36. The fraction of sp³-hybridized carbons (Fsp3) is 0.700. The van der Waals surface area contributed by atoms with E-state index in [1.807, 2.05) is 17.8 Å². The highest BCUT2D eigenvalue weighted by Crippen LogP contribution is 2.18. The molecule has 2 heterocycles. The Balaban J connectivity index is 1.43. The largest absolute Gasteiger partial charge is 0.491 e. The fourth-order valence-corrected chi connectivity index (χ4v) is 4.59. The predicted octanol–water partition coefficient (Wildman–Crippen LogP) is 2.85. The monoisotopic (exact) mass is 364 g/mol. The van der Waals surface area contributed by atoms with Gasteiger partial charge in [-0.15, -0.1) is 0 Å². The molecule has 2 aliphatic rings. The lowest BCUT2D eigenvalue weighted by atomic mass is 10.2. The number of ether oxygens (including phenoxy) is 1. The summed E-state index contributed by atoms with van der Waals surface area (Å²) in [6.07, 6.45) is 4.74. The SMILES string of the molecule is OC(COc1cccc(CN2CCSCC2)c1)CN1CCCCCC1. The zero-order valence-electron chi connectivity index (χ0n) is 15.2. The van der Waals surface area contributed by atoms with E-state index in [9.17, 15) is 5.11 Å². The van der Waals surface area contributed by atoms with Crippen LogP contribution in [0.15, 0.2) is 24.3 Å². The van der Waals surface area contributed by atoms with Crippen LogP contribution in [0.3, 0.4) is 0 Å². The summed E-state index contributed by atoms with van der Waals surface area (Å²) in [6, 6.07) is 8.35. The maximum Gasteiger partial charge on any atom is 0.119 e. The van der Waals surface area contributed by atoms with Crippen molar-refractivity contribution in [1.29, 1.82) is 0 Å². The third-order valence-corrected chi connectivity index (χ3v) is 5.96. The van der Waals surface area contributed by atoms with Gasteiger partial charge < -0.3 is 14.7 Å². The molecule has 3 rings (SSSR count). The molecule has 0 bridgehead atoms. The molecule has 0 radical (unpaired) electrons. The van der Waals surface area contributed by atoms with Gasteiger partial charge in [-0.3, -0.25) is 4.90 Å². The molecule has 5 heteroatoms. The first-order valence-electron chi connectivity index (χ1n) is 9.72. The van der Waals surface area contributed by atoms with Crippen LogP contribution in [0, 0.1) is 0 Å². The molecular weight excluding hydrogens is 332 g/mol. The average molecular weight is 365 g/mol. The van der Waals surface area contributed by atoms with Gasteiger partial charge >= 0.3 is 0 Å². The number of rotatable bonds is 7. The minimum atomic E-state index is -0.416. The summed E-state index contributed by atoms with van der Waals surface area (Å²) in [4.78, 5) is 4.88. The summed E-state index contributed by atoms with van der Waals surface area (Å²) in [5.74, 6) is 3.34. The molecular formula is C20H32N2O2S. The van der Waals surface area contributed by atoms with E-state index >= 15 is 0 Å². The zero-order chi connectivity index (χ0) is 17.3. The summed E-state index contributed by atoms with van der Waals surface area (Å²) < 4.78 is 5.87. The number of hydrogen-bond acceptors (Lipinski definition) is 5. The van der Waals surface area contributed by atoms with Crippen LogP contribution < -0.4 is 4.74 Å². The van der Waals surface area contributed by atoms with Crippen LogP contribution >= 0.6 is 11.8 Å². The van der Waals surface area contributed by atoms with E-state index in [4.69, 9.17) is 4.74 Å². The van der Waals surface area contributed by atoms with Crippen molar-refractivity contribution in [3.8, 4) is 5.75 Å². The van der Waals surface area contributed by atoms with Crippen molar-refractivity contribution in [2.75, 3.05) is 50.8 Å². The molecule has 1 aromatic carbocycles. The Morgan fingerprint density at radius 1 is 1.00 bits per heavy atom. The molecule has 0 aliphatic carbocycles. The topological polar surface area (TPSA) is 35.9 Å². The molecule has 0 saturated carbocycles. The zero-order valence-corrected chi connectivity index (χ0v) is 16.1. The molecule has 1 unspecified atom stereocenters. The number of nitrogens with zero attached hydrogens (tertiary/aromatic N) is 2. The van der Waals surface area contributed by atoms with Crippen LogP contribution in [0.1, 0.15) is 31.2 Å². The maximum absolute atomic E-state index is 10.3. The predicted molar refractivity (Wildman–Crippen MR) is 105 cm³/mol. The van der Waals surface area contributed by atoms with Gasteiger partial charge in [-0.1, -0.05) is 25.0 Å². The first kappa shape index (κ1) is 19.0. The van der Waals surface area contributed by atoms with Crippen LogP contribution in [0.25, 0.3) is 0 Å². The number of aliphatic hydroxyl groups is 1. The van der Waals surface area contributed by atoms with E-state index in [1.165, 1.54) is 55.8 Å². The van der Waals surface area contributed by atoms with E-state index in [0.717, 1.165) is 31.9 Å². The van der Waals surface area contributed by atoms with Gasteiger partial charge in [-0.25, -0.2) is 0 Å².